The highest BCUT2D eigenvalue weighted by atomic mass is 16.3. The maximum atomic E-state index is 12.3. The summed E-state index contributed by atoms with van der Waals surface area (Å²) >= 11 is 0. The van der Waals surface area contributed by atoms with E-state index in [1.165, 1.54) is 5.56 Å². The van der Waals surface area contributed by atoms with Crippen molar-refractivity contribution in [3.8, 4) is 0 Å². The highest BCUT2D eigenvalue weighted by molar-refractivity contribution is 5.77. The Labute approximate surface area is 138 Å². The first-order chi connectivity index (χ1) is 11.0. The number of likely N-dealkylation sites (N-methyl/N-ethyl adjacent to an activating group) is 2. The summed E-state index contributed by atoms with van der Waals surface area (Å²) in [6.45, 7) is 5.71. The van der Waals surface area contributed by atoms with E-state index in [1.54, 1.807) is 4.90 Å². The number of carbonyl (C=O) groups excluding carboxylic acids is 1. The van der Waals surface area contributed by atoms with Gasteiger partial charge in [-0.05, 0) is 43.7 Å². The third-order valence-electron chi connectivity index (χ3n) is 3.90. The average molecular weight is 314 g/mol. The SMILES string of the molecule is CCc1ccc(CN(C)C(=O)CN(C)Cc2ccc(C)o2)cc1. The van der Waals surface area contributed by atoms with E-state index in [9.17, 15) is 4.79 Å². The Hall–Kier alpha value is -2.07. The van der Waals surface area contributed by atoms with E-state index in [2.05, 4.69) is 31.2 Å². The standard InChI is InChI=1S/C19H26N2O2/c1-5-16-7-9-17(10-8-16)12-21(4)19(22)14-20(3)13-18-11-6-15(2)23-18/h6-11H,5,12-14H2,1-4H3. The Morgan fingerprint density at radius 1 is 1.00 bits per heavy atom. The molecule has 0 spiro atoms. The summed E-state index contributed by atoms with van der Waals surface area (Å²) in [7, 11) is 3.78. The van der Waals surface area contributed by atoms with Crippen molar-refractivity contribution in [1.82, 2.24) is 9.80 Å². The number of rotatable bonds is 7. The lowest BCUT2D eigenvalue weighted by atomic mass is 10.1. The van der Waals surface area contributed by atoms with Crippen LogP contribution in [0.25, 0.3) is 0 Å². The fraction of sp³-hybridized carbons (Fsp3) is 0.421. The molecule has 23 heavy (non-hydrogen) atoms. The number of amides is 1. The molecule has 0 saturated carbocycles. The molecule has 0 radical (unpaired) electrons. The average Bonchev–Trinajstić information content (AvgIpc) is 2.92. The van der Waals surface area contributed by atoms with Crippen molar-refractivity contribution in [3.05, 3.63) is 59.0 Å². The van der Waals surface area contributed by atoms with Gasteiger partial charge in [0.05, 0.1) is 13.1 Å². The van der Waals surface area contributed by atoms with Gasteiger partial charge in [-0.15, -0.1) is 0 Å². The zero-order valence-electron chi connectivity index (χ0n) is 14.5. The van der Waals surface area contributed by atoms with Gasteiger partial charge < -0.3 is 9.32 Å². The second-order valence-electron chi connectivity index (χ2n) is 6.10. The van der Waals surface area contributed by atoms with Gasteiger partial charge in [-0.2, -0.15) is 0 Å². The first kappa shape index (κ1) is 17.3. The molecule has 4 heteroatoms. The number of hydrogen-bond acceptors (Lipinski definition) is 3. The topological polar surface area (TPSA) is 36.7 Å². The van der Waals surface area contributed by atoms with Crippen LogP contribution >= 0.6 is 0 Å². The molecule has 0 aliphatic rings. The van der Waals surface area contributed by atoms with Crippen molar-refractivity contribution in [2.75, 3.05) is 20.6 Å². The van der Waals surface area contributed by atoms with Gasteiger partial charge in [0, 0.05) is 13.6 Å². The molecule has 0 unspecified atom stereocenters. The van der Waals surface area contributed by atoms with E-state index in [0.29, 0.717) is 19.6 Å². The Morgan fingerprint density at radius 2 is 1.65 bits per heavy atom. The second kappa shape index (κ2) is 7.97. The number of aryl methyl sites for hydroxylation is 2. The lowest BCUT2D eigenvalue weighted by Gasteiger charge is -2.21. The van der Waals surface area contributed by atoms with E-state index in [-0.39, 0.29) is 5.91 Å². The predicted octanol–water partition coefficient (Wildman–Crippen LogP) is 3.24. The molecule has 124 valence electrons. The van der Waals surface area contributed by atoms with E-state index in [0.717, 1.165) is 23.5 Å². The molecule has 1 heterocycles. The van der Waals surface area contributed by atoms with Crippen molar-refractivity contribution in [1.29, 1.82) is 0 Å². The summed E-state index contributed by atoms with van der Waals surface area (Å²) in [5, 5.41) is 0. The Balaban J connectivity index is 1.83. The van der Waals surface area contributed by atoms with Crippen molar-refractivity contribution < 1.29 is 9.21 Å². The minimum Gasteiger partial charge on any atom is -0.465 e. The Kier molecular flexibility index (Phi) is 5.99. The monoisotopic (exact) mass is 314 g/mol. The van der Waals surface area contributed by atoms with Gasteiger partial charge in [0.1, 0.15) is 11.5 Å². The largest absolute Gasteiger partial charge is 0.465 e. The quantitative estimate of drug-likeness (QED) is 0.787. The minimum atomic E-state index is 0.107. The summed E-state index contributed by atoms with van der Waals surface area (Å²) in [4.78, 5) is 16.1. The third kappa shape index (κ3) is 5.25. The van der Waals surface area contributed by atoms with Crippen LogP contribution in [-0.2, 0) is 24.3 Å². The lowest BCUT2D eigenvalue weighted by molar-refractivity contribution is -0.131. The molecule has 1 amide bonds. The van der Waals surface area contributed by atoms with Crippen LogP contribution in [-0.4, -0.2) is 36.3 Å². The lowest BCUT2D eigenvalue weighted by Crippen LogP contribution is -2.35. The molecule has 0 fully saturated rings. The van der Waals surface area contributed by atoms with Crippen LogP contribution in [0.15, 0.2) is 40.8 Å². The summed E-state index contributed by atoms with van der Waals surface area (Å²) in [5.41, 5.74) is 2.47. The molecule has 0 aliphatic heterocycles. The van der Waals surface area contributed by atoms with Gasteiger partial charge in [-0.3, -0.25) is 9.69 Å². The van der Waals surface area contributed by atoms with Gasteiger partial charge >= 0.3 is 0 Å². The Morgan fingerprint density at radius 3 is 2.22 bits per heavy atom. The number of nitrogens with zero attached hydrogens (tertiary/aromatic N) is 2. The van der Waals surface area contributed by atoms with Crippen molar-refractivity contribution in [2.24, 2.45) is 0 Å². The molecular weight excluding hydrogens is 288 g/mol. The summed E-state index contributed by atoms with van der Waals surface area (Å²) in [5.74, 6) is 1.89. The van der Waals surface area contributed by atoms with Gasteiger partial charge in [0.2, 0.25) is 5.91 Å². The summed E-state index contributed by atoms with van der Waals surface area (Å²) < 4.78 is 5.55. The fourth-order valence-corrected chi connectivity index (χ4v) is 2.49. The van der Waals surface area contributed by atoms with Crippen LogP contribution < -0.4 is 0 Å². The van der Waals surface area contributed by atoms with Gasteiger partial charge in [-0.25, -0.2) is 0 Å². The predicted molar refractivity (Wildman–Crippen MR) is 92.1 cm³/mol. The molecular formula is C19H26N2O2. The molecule has 0 N–H and O–H groups in total. The van der Waals surface area contributed by atoms with Crippen molar-refractivity contribution in [2.45, 2.75) is 33.4 Å². The molecule has 1 aromatic heterocycles. The van der Waals surface area contributed by atoms with Crippen LogP contribution in [0.1, 0.15) is 29.6 Å². The molecule has 2 aromatic rings. The Bertz CT molecular complexity index is 631. The van der Waals surface area contributed by atoms with Crippen LogP contribution in [0.3, 0.4) is 0 Å². The normalized spacial score (nSPS) is 11.0. The first-order valence-electron chi connectivity index (χ1n) is 8.03. The van der Waals surface area contributed by atoms with Crippen LogP contribution in [0.2, 0.25) is 0 Å². The van der Waals surface area contributed by atoms with Crippen molar-refractivity contribution in [3.63, 3.8) is 0 Å². The molecule has 4 nitrogen and oxygen atoms in total. The number of carbonyl (C=O) groups is 1. The summed E-state index contributed by atoms with van der Waals surface area (Å²) in [6.07, 6.45) is 1.03. The van der Waals surface area contributed by atoms with Crippen LogP contribution in [0.5, 0.6) is 0 Å². The van der Waals surface area contributed by atoms with Crippen LogP contribution in [0, 0.1) is 6.92 Å². The minimum absolute atomic E-state index is 0.107. The smallest absolute Gasteiger partial charge is 0.236 e. The van der Waals surface area contributed by atoms with E-state index in [1.807, 2.05) is 38.1 Å². The zero-order valence-corrected chi connectivity index (χ0v) is 14.5. The third-order valence-corrected chi connectivity index (χ3v) is 3.90. The van der Waals surface area contributed by atoms with E-state index < -0.39 is 0 Å². The van der Waals surface area contributed by atoms with Crippen molar-refractivity contribution >= 4 is 5.91 Å². The molecule has 0 saturated heterocycles. The number of benzene rings is 1. The zero-order chi connectivity index (χ0) is 16.8. The molecule has 2 rings (SSSR count). The maximum absolute atomic E-state index is 12.3. The van der Waals surface area contributed by atoms with E-state index in [4.69, 9.17) is 4.42 Å². The maximum Gasteiger partial charge on any atom is 0.236 e. The molecule has 0 aliphatic carbocycles. The highest BCUT2D eigenvalue weighted by Crippen LogP contribution is 2.10. The van der Waals surface area contributed by atoms with Gasteiger partial charge in [-0.1, -0.05) is 31.2 Å². The molecule has 0 atom stereocenters. The summed E-state index contributed by atoms with van der Waals surface area (Å²) in [6, 6.07) is 12.3. The second-order valence-corrected chi connectivity index (χ2v) is 6.10. The fourth-order valence-electron chi connectivity index (χ4n) is 2.49. The number of hydrogen-bond donors (Lipinski definition) is 0. The number of furan rings is 1. The highest BCUT2D eigenvalue weighted by Gasteiger charge is 2.13. The first-order valence-corrected chi connectivity index (χ1v) is 8.03. The van der Waals surface area contributed by atoms with Crippen LogP contribution in [0.4, 0.5) is 0 Å². The van der Waals surface area contributed by atoms with E-state index >= 15 is 0 Å². The van der Waals surface area contributed by atoms with Gasteiger partial charge in [0.15, 0.2) is 0 Å². The van der Waals surface area contributed by atoms with Gasteiger partial charge in [0.25, 0.3) is 0 Å². The molecule has 0 bridgehead atoms. The molecule has 1 aromatic carbocycles.